The van der Waals surface area contributed by atoms with Crippen LogP contribution in [0.1, 0.15) is 51.4 Å². The Kier molecular flexibility index (Phi) is 11.3. The molecule has 2 saturated carbocycles. The van der Waals surface area contributed by atoms with Gasteiger partial charge < -0.3 is 30.1 Å². The lowest BCUT2D eigenvalue weighted by atomic mass is 9.78. The number of nitrogens with zero attached hydrogens (tertiary/aromatic N) is 3. The molecule has 1 aromatic carbocycles. The van der Waals surface area contributed by atoms with E-state index < -0.39 is 47.8 Å². The number of ketones is 1. The monoisotopic (exact) mass is 621 g/mol. The predicted octanol–water partition coefficient (Wildman–Crippen LogP) is 0.891. The van der Waals surface area contributed by atoms with E-state index in [1.807, 2.05) is 4.90 Å². The van der Waals surface area contributed by atoms with Gasteiger partial charge in [0.15, 0.2) is 5.78 Å². The number of ether oxygens (including phenoxy) is 1. The number of aliphatic hydroxyl groups is 2. The predicted molar refractivity (Wildman–Crippen MR) is 152 cm³/mol. The Morgan fingerprint density at radius 2 is 1.39 bits per heavy atom. The first-order valence-electron chi connectivity index (χ1n) is 15.0. The average Bonchev–Trinajstić information content (AvgIpc) is 3.57. The summed E-state index contributed by atoms with van der Waals surface area (Å²) in [5.41, 5.74) is 0.730. The lowest BCUT2D eigenvalue weighted by Crippen LogP contribution is -2.49. The van der Waals surface area contributed by atoms with Crippen LogP contribution in [0.2, 0.25) is 0 Å². The molecule has 2 amide bonds. The molecule has 14 heteroatoms. The van der Waals surface area contributed by atoms with E-state index in [4.69, 9.17) is 14.9 Å². The molecule has 4 fully saturated rings. The molecule has 1 aromatic rings. The van der Waals surface area contributed by atoms with Crippen LogP contribution >= 0.6 is 0 Å². The second kappa shape index (κ2) is 14.9. The third-order valence-corrected chi connectivity index (χ3v) is 8.60. The highest BCUT2D eigenvalue weighted by atomic mass is 19.1. The number of aliphatic hydroxyl groups excluding tert-OH is 2. The molecule has 13 nitrogen and oxygen atoms in total. The number of imide groups is 1. The molecule has 0 radical (unpaired) electrons. The Hall–Kier alpha value is -3.62. The lowest BCUT2D eigenvalue weighted by Gasteiger charge is -2.36. The highest BCUT2D eigenvalue weighted by molar-refractivity contribution is 6.07. The number of carbonyl (C=O) groups is 5. The Bertz CT molecular complexity index is 1190. The van der Waals surface area contributed by atoms with Crippen molar-refractivity contribution >= 4 is 35.2 Å². The maximum Gasteiger partial charge on any atom is 0.303 e. The van der Waals surface area contributed by atoms with Crippen molar-refractivity contribution in [1.29, 1.82) is 0 Å². The smallest absolute Gasteiger partial charge is 0.303 e. The number of halogens is 1. The maximum absolute atomic E-state index is 14.0. The molecule has 242 valence electrons. The Morgan fingerprint density at radius 1 is 0.841 bits per heavy atom. The number of amides is 2. The first-order valence-corrected chi connectivity index (χ1v) is 15.0. The zero-order chi connectivity index (χ0) is 32.0. The molecule has 2 aliphatic heterocycles. The molecule has 4 N–H and O–H groups in total. The minimum absolute atomic E-state index is 0.0373. The van der Waals surface area contributed by atoms with Crippen molar-refractivity contribution in [3.8, 4) is 5.75 Å². The van der Waals surface area contributed by atoms with Gasteiger partial charge in [-0.2, -0.15) is 0 Å². The first kappa shape index (κ1) is 33.3. The van der Waals surface area contributed by atoms with E-state index in [-0.39, 0.29) is 56.5 Å². The summed E-state index contributed by atoms with van der Waals surface area (Å²) in [4.78, 5) is 62.5. The van der Waals surface area contributed by atoms with Crippen LogP contribution in [0.15, 0.2) is 18.2 Å². The van der Waals surface area contributed by atoms with Gasteiger partial charge in [0.25, 0.3) is 0 Å². The van der Waals surface area contributed by atoms with Gasteiger partial charge >= 0.3 is 11.9 Å². The van der Waals surface area contributed by atoms with Crippen LogP contribution < -0.4 is 9.64 Å². The summed E-state index contributed by atoms with van der Waals surface area (Å²) >= 11 is 0. The van der Waals surface area contributed by atoms with Gasteiger partial charge in [0.1, 0.15) is 11.6 Å². The molecule has 0 aromatic heterocycles. The summed E-state index contributed by atoms with van der Waals surface area (Å²) in [6.07, 6.45) is 1.90. The second-order valence-corrected chi connectivity index (χ2v) is 11.8. The summed E-state index contributed by atoms with van der Waals surface area (Å²) in [6.45, 7) is 2.17. The van der Waals surface area contributed by atoms with E-state index >= 15 is 0 Å². The van der Waals surface area contributed by atoms with Crippen LogP contribution in [-0.2, 0) is 24.0 Å². The zero-order valence-corrected chi connectivity index (χ0v) is 24.5. The van der Waals surface area contributed by atoms with Gasteiger partial charge in [-0.3, -0.25) is 33.8 Å². The third-order valence-electron chi connectivity index (χ3n) is 8.60. The summed E-state index contributed by atoms with van der Waals surface area (Å²) < 4.78 is 20.2. The number of benzene rings is 1. The molecule has 44 heavy (non-hydrogen) atoms. The van der Waals surface area contributed by atoms with Gasteiger partial charge in [0, 0.05) is 32.2 Å². The van der Waals surface area contributed by atoms with Crippen LogP contribution in [0.25, 0.3) is 0 Å². The van der Waals surface area contributed by atoms with Crippen molar-refractivity contribution in [3.05, 3.63) is 24.0 Å². The van der Waals surface area contributed by atoms with Gasteiger partial charge in [-0.05, 0) is 50.7 Å². The lowest BCUT2D eigenvalue weighted by molar-refractivity contribution is -0.143. The fourth-order valence-corrected chi connectivity index (χ4v) is 6.23. The molecule has 2 saturated heterocycles. The minimum Gasteiger partial charge on any atom is -0.488 e. The van der Waals surface area contributed by atoms with Crippen molar-refractivity contribution < 1.29 is 53.5 Å². The SMILES string of the molecule is O=C(CN1CCN(c2cc(F)ccc2OC2CCCC2)CC1)CN1C(=O)C2CC(O)C(O)CC2C1=O.O=C(O)CCC(=O)O. The number of hydrogen-bond donors (Lipinski definition) is 4. The van der Waals surface area contributed by atoms with E-state index in [0.29, 0.717) is 31.9 Å². The van der Waals surface area contributed by atoms with Crippen molar-refractivity contribution in [2.24, 2.45) is 11.8 Å². The van der Waals surface area contributed by atoms with Crippen LogP contribution in [0, 0.1) is 17.7 Å². The number of hydrogen-bond acceptors (Lipinski definition) is 10. The highest BCUT2D eigenvalue weighted by Gasteiger charge is 2.52. The van der Waals surface area contributed by atoms with E-state index in [1.165, 1.54) is 12.1 Å². The Morgan fingerprint density at radius 3 is 1.91 bits per heavy atom. The fourth-order valence-electron chi connectivity index (χ4n) is 6.23. The standard InChI is InChI=1S/C26H34FN3O6.C4H6O4/c27-16-5-6-24(36-18-3-1-2-4-18)21(11-16)29-9-7-28(8-10-29)14-17(31)15-30-25(34)19-12-22(32)23(33)13-20(19)26(30)35;5-3(6)1-2-4(7)8/h5-6,11,18-20,22-23,32-33H,1-4,7-10,12-15H2;1-2H2,(H,5,6)(H,7,8). The first-order chi connectivity index (χ1) is 20.9. The number of fused-ring (bicyclic) bond motifs is 1. The quantitative estimate of drug-likeness (QED) is 0.271. The minimum atomic E-state index is -1.08. The molecule has 4 atom stereocenters. The summed E-state index contributed by atoms with van der Waals surface area (Å²) in [5, 5.41) is 35.6. The summed E-state index contributed by atoms with van der Waals surface area (Å²) in [5.74, 6) is -4.22. The molecule has 5 rings (SSSR count). The molecule has 2 heterocycles. The number of carboxylic acids is 2. The average molecular weight is 622 g/mol. The highest BCUT2D eigenvalue weighted by Crippen LogP contribution is 2.38. The molecule has 0 bridgehead atoms. The fraction of sp³-hybridized carbons (Fsp3) is 0.633. The maximum atomic E-state index is 14.0. The van der Waals surface area contributed by atoms with Crippen molar-refractivity contribution in [2.45, 2.75) is 69.7 Å². The molecule has 2 aliphatic carbocycles. The normalized spacial score (nSPS) is 25.8. The number of likely N-dealkylation sites (tertiary alicyclic amines) is 1. The van der Waals surface area contributed by atoms with Gasteiger partial charge in [0.2, 0.25) is 11.8 Å². The van der Waals surface area contributed by atoms with Crippen LogP contribution in [0.5, 0.6) is 5.75 Å². The van der Waals surface area contributed by atoms with Crippen molar-refractivity contribution in [1.82, 2.24) is 9.80 Å². The largest absolute Gasteiger partial charge is 0.488 e. The Balaban J connectivity index is 0.000000488. The number of carbonyl (C=O) groups excluding carboxylic acids is 3. The van der Waals surface area contributed by atoms with E-state index in [0.717, 1.165) is 36.3 Å². The molecular weight excluding hydrogens is 581 g/mol. The molecule has 0 spiro atoms. The van der Waals surface area contributed by atoms with Gasteiger partial charge in [-0.15, -0.1) is 0 Å². The van der Waals surface area contributed by atoms with Crippen molar-refractivity contribution in [3.63, 3.8) is 0 Å². The van der Waals surface area contributed by atoms with Gasteiger partial charge in [-0.1, -0.05) is 0 Å². The van der Waals surface area contributed by atoms with E-state index in [9.17, 15) is 38.6 Å². The third kappa shape index (κ3) is 8.51. The molecule has 4 aliphatic rings. The topological polar surface area (TPSA) is 185 Å². The molecule has 4 unspecified atom stereocenters. The van der Waals surface area contributed by atoms with Gasteiger partial charge in [-0.25, -0.2) is 4.39 Å². The number of aliphatic carboxylic acids is 2. The van der Waals surface area contributed by atoms with Crippen LogP contribution in [0.3, 0.4) is 0 Å². The van der Waals surface area contributed by atoms with Crippen LogP contribution in [-0.4, -0.2) is 117 Å². The van der Waals surface area contributed by atoms with E-state index in [2.05, 4.69) is 4.90 Å². The van der Waals surface area contributed by atoms with Crippen molar-refractivity contribution in [2.75, 3.05) is 44.2 Å². The number of Topliss-reactive ketones (excluding diaryl/α,β-unsaturated/α-hetero) is 1. The Labute approximate surface area is 254 Å². The van der Waals surface area contributed by atoms with Crippen LogP contribution in [0.4, 0.5) is 10.1 Å². The number of piperazine rings is 1. The molecular formula is C30H40FN3O10. The summed E-state index contributed by atoms with van der Waals surface area (Å²) in [7, 11) is 0. The zero-order valence-electron chi connectivity index (χ0n) is 24.5. The number of rotatable bonds is 10. The number of anilines is 1. The van der Waals surface area contributed by atoms with Gasteiger partial charge in [0.05, 0.1) is 61.8 Å². The summed E-state index contributed by atoms with van der Waals surface area (Å²) in [6, 6.07) is 4.61. The number of carboxylic acid groups (broad SMARTS) is 2. The second-order valence-electron chi connectivity index (χ2n) is 11.8. The van der Waals surface area contributed by atoms with E-state index in [1.54, 1.807) is 6.07 Å².